The van der Waals surface area contributed by atoms with Gasteiger partial charge in [-0.15, -0.1) is 0 Å². The van der Waals surface area contributed by atoms with E-state index >= 15 is 0 Å². The quantitative estimate of drug-likeness (QED) is 0.841. The van der Waals surface area contributed by atoms with Crippen molar-refractivity contribution in [3.05, 3.63) is 27.7 Å². The summed E-state index contributed by atoms with van der Waals surface area (Å²) in [7, 11) is -3.15. The van der Waals surface area contributed by atoms with E-state index in [9.17, 15) is 13.2 Å². The van der Waals surface area contributed by atoms with Gasteiger partial charge in [0.25, 0.3) is 0 Å². The maximum Gasteiger partial charge on any atom is 0.227 e. The molecule has 0 aliphatic carbocycles. The van der Waals surface area contributed by atoms with Gasteiger partial charge in [-0.1, -0.05) is 15.9 Å². The second-order valence-electron chi connectivity index (χ2n) is 5.98. The van der Waals surface area contributed by atoms with Gasteiger partial charge in [0, 0.05) is 29.2 Å². The van der Waals surface area contributed by atoms with Crippen molar-refractivity contribution in [3.8, 4) is 0 Å². The molecule has 128 valence electrons. The van der Waals surface area contributed by atoms with Gasteiger partial charge in [-0.05, 0) is 56.9 Å². The molecule has 7 heteroatoms. The summed E-state index contributed by atoms with van der Waals surface area (Å²) in [6, 6.07) is 3.94. The first-order valence-electron chi connectivity index (χ1n) is 7.80. The molecule has 0 aromatic heterocycles. The summed E-state index contributed by atoms with van der Waals surface area (Å²) in [5.41, 5.74) is 2.87. The minimum absolute atomic E-state index is 0.0212. The number of hydrogen-bond acceptors (Lipinski definition) is 3. The summed E-state index contributed by atoms with van der Waals surface area (Å²) in [5, 5.41) is 3.02. The van der Waals surface area contributed by atoms with Gasteiger partial charge < -0.3 is 5.32 Å². The Morgan fingerprint density at radius 2 is 1.78 bits per heavy atom. The van der Waals surface area contributed by atoms with Crippen LogP contribution in [0.15, 0.2) is 16.6 Å². The number of amides is 1. The van der Waals surface area contributed by atoms with E-state index in [1.54, 1.807) is 6.92 Å². The molecule has 1 aliphatic heterocycles. The second-order valence-corrected chi connectivity index (χ2v) is 9.15. The Kier molecular flexibility index (Phi) is 5.86. The first kappa shape index (κ1) is 18.4. The van der Waals surface area contributed by atoms with E-state index in [4.69, 9.17) is 0 Å². The smallest absolute Gasteiger partial charge is 0.227 e. The number of carbonyl (C=O) groups is 1. The maximum absolute atomic E-state index is 12.5. The molecule has 0 spiro atoms. The number of hydrogen-bond donors (Lipinski definition) is 1. The Labute approximate surface area is 146 Å². The van der Waals surface area contributed by atoms with Gasteiger partial charge in [0.2, 0.25) is 15.9 Å². The SMILES string of the molecule is CCS(=O)(=O)N1CCC(C(=O)Nc2c(C)cc(Br)cc2C)CC1. The lowest BCUT2D eigenvalue weighted by Gasteiger charge is -2.30. The van der Waals surface area contributed by atoms with Crippen molar-refractivity contribution in [3.63, 3.8) is 0 Å². The van der Waals surface area contributed by atoms with Crippen molar-refractivity contribution in [2.45, 2.75) is 33.6 Å². The van der Waals surface area contributed by atoms with Crippen LogP contribution in [0.1, 0.15) is 30.9 Å². The summed E-state index contributed by atoms with van der Waals surface area (Å²) < 4.78 is 26.2. The molecule has 1 aliphatic rings. The third kappa shape index (κ3) is 4.33. The number of anilines is 1. The molecular formula is C16H23BrN2O3S. The number of sulfonamides is 1. The fourth-order valence-electron chi connectivity index (χ4n) is 2.91. The highest BCUT2D eigenvalue weighted by atomic mass is 79.9. The van der Waals surface area contributed by atoms with Crippen LogP contribution in [-0.2, 0) is 14.8 Å². The summed E-state index contributed by atoms with van der Waals surface area (Å²) >= 11 is 3.45. The Balaban J connectivity index is 2.01. The standard InChI is InChI=1S/C16H23BrN2O3S/c1-4-23(21,22)19-7-5-13(6-8-19)16(20)18-15-11(2)9-14(17)10-12(15)3/h9-10,13H,4-8H2,1-3H3,(H,18,20). The Morgan fingerprint density at radius 1 is 1.26 bits per heavy atom. The van der Waals surface area contributed by atoms with Crippen molar-refractivity contribution in [1.29, 1.82) is 0 Å². The molecule has 5 nitrogen and oxygen atoms in total. The molecule has 0 bridgehead atoms. The summed E-state index contributed by atoms with van der Waals surface area (Å²) in [6.45, 7) is 6.42. The summed E-state index contributed by atoms with van der Waals surface area (Å²) in [6.07, 6.45) is 1.14. The minimum atomic E-state index is -3.15. The third-order valence-electron chi connectivity index (χ3n) is 4.33. The Bertz CT molecular complexity index is 672. The van der Waals surface area contributed by atoms with Crippen LogP contribution >= 0.6 is 15.9 Å². The lowest BCUT2D eigenvalue weighted by atomic mass is 9.96. The van der Waals surface area contributed by atoms with Crippen LogP contribution in [0.3, 0.4) is 0 Å². The van der Waals surface area contributed by atoms with Gasteiger partial charge in [0.1, 0.15) is 0 Å². The molecule has 2 rings (SSSR count). The van der Waals surface area contributed by atoms with Crippen molar-refractivity contribution in [1.82, 2.24) is 4.31 Å². The molecule has 23 heavy (non-hydrogen) atoms. The van der Waals surface area contributed by atoms with Gasteiger partial charge in [-0.3, -0.25) is 4.79 Å². The number of halogens is 1. The lowest BCUT2D eigenvalue weighted by Crippen LogP contribution is -2.42. The van der Waals surface area contributed by atoms with Gasteiger partial charge in [0.15, 0.2) is 0 Å². The average Bonchev–Trinajstić information content (AvgIpc) is 2.50. The molecule has 0 atom stereocenters. The molecular weight excluding hydrogens is 380 g/mol. The summed E-state index contributed by atoms with van der Waals surface area (Å²) in [4.78, 5) is 12.5. The predicted octanol–water partition coefficient (Wildman–Crippen LogP) is 3.07. The highest BCUT2D eigenvalue weighted by molar-refractivity contribution is 9.10. The first-order valence-corrected chi connectivity index (χ1v) is 10.2. The van der Waals surface area contributed by atoms with Crippen LogP contribution in [0, 0.1) is 19.8 Å². The number of aryl methyl sites for hydroxylation is 2. The maximum atomic E-state index is 12.5. The highest BCUT2D eigenvalue weighted by Gasteiger charge is 2.30. The van der Waals surface area contributed by atoms with Gasteiger partial charge in [-0.2, -0.15) is 0 Å². The van der Waals surface area contributed by atoms with E-state index in [-0.39, 0.29) is 17.6 Å². The molecule has 1 amide bonds. The van der Waals surface area contributed by atoms with E-state index in [0.717, 1.165) is 21.3 Å². The topological polar surface area (TPSA) is 66.5 Å². The van der Waals surface area contributed by atoms with Crippen LogP contribution in [0.4, 0.5) is 5.69 Å². The molecule has 0 unspecified atom stereocenters. The Morgan fingerprint density at radius 3 is 2.26 bits per heavy atom. The molecule has 1 fully saturated rings. The lowest BCUT2D eigenvalue weighted by molar-refractivity contribution is -0.120. The van der Waals surface area contributed by atoms with Crippen molar-refractivity contribution >= 4 is 37.5 Å². The number of carbonyl (C=O) groups excluding carboxylic acids is 1. The van der Waals surface area contributed by atoms with Gasteiger partial charge in [0.05, 0.1) is 5.75 Å². The second kappa shape index (κ2) is 7.32. The van der Waals surface area contributed by atoms with Crippen LogP contribution in [-0.4, -0.2) is 37.5 Å². The third-order valence-corrected chi connectivity index (χ3v) is 6.67. The average molecular weight is 403 g/mol. The summed E-state index contributed by atoms with van der Waals surface area (Å²) in [5.74, 6) is -0.0472. The zero-order valence-electron chi connectivity index (χ0n) is 13.7. The monoisotopic (exact) mass is 402 g/mol. The number of piperidine rings is 1. The molecule has 1 N–H and O–H groups in total. The van der Waals surface area contributed by atoms with E-state index in [1.165, 1.54) is 4.31 Å². The van der Waals surface area contributed by atoms with Gasteiger partial charge in [-0.25, -0.2) is 12.7 Å². The zero-order chi connectivity index (χ0) is 17.2. The molecule has 1 aromatic rings. The molecule has 1 aromatic carbocycles. The van der Waals surface area contributed by atoms with Crippen LogP contribution in [0.25, 0.3) is 0 Å². The predicted molar refractivity (Wildman–Crippen MR) is 96.0 cm³/mol. The van der Waals surface area contributed by atoms with Crippen molar-refractivity contribution in [2.24, 2.45) is 5.92 Å². The van der Waals surface area contributed by atoms with Crippen LogP contribution in [0.5, 0.6) is 0 Å². The van der Waals surface area contributed by atoms with Crippen LogP contribution in [0.2, 0.25) is 0 Å². The Hall–Kier alpha value is -0.920. The van der Waals surface area contributed by atoms with E-state index in [1.807, 2.05) is 26.0 Å². The number of nitrogens with one attached hydrogen (secondary N) is 1. The van der Waals surface area contributed by atoms with Crippen molar-refractivity contribution in [2.75, 3.05) is 24.2 Å². The fraction of sp³-hybridized carbons (Fsp3) is 0.562. The molecule has 1 saturated heterocycles. The van der Waals surface area contributed by atoms with E-state index in [0.29, 0.717) is 25.9 Å². The molecule has 0 saturated carbocycles. The fourth-order valence-corrected chi connectivity index (χ4v) is 4.73. The van der Waals surface area contributed by atoms with Crippen LogP contribution < -0.4 is 5.32 Å². The van der Waals surface area contributed by atoms with Gasteiger partial charge >= 0.3 is 0 Å². The number of nitrogens with zero attached hydrogens (tertiary/aromatic N) is 1. The van der Waals surface area contributed by atoms with E-state index in [2.05, 4.69) is 21.2 Å². The van der Waals surface area contributed by atoms with E-state index < -0.39 is 10.0 Å². The normalized spacial score (nSPS) is 17.2. The number of rotatable bonds is 4. The number of benzene rings is 1. The largest absolute Gasteiger partial charge is 0.325 e. The minimum Gasteiger partial charge on any atom is -0.325 e. The highest BCUT2D eigenvalue weighted by Crippen LogP contribution is 2.27. The molecule has 1 heterocycles. The first-order chi connectivity index (χ1) is 10.7. The van der Waals surface area contributed by atoms with Crippen molar-refractivity contribution < 1.29 is 13.2 Å². The molecule has 0 radical (unpaired) electrons. The zero-order valence-corrected chi connectivity index (χ0v) is 16.1.